The molecule has 1 heterocycles. The maximum Gasteiger partial charge on any atom is 0.221 e. The van der Waals surface area contributed by atoms with Gasteiger partial charge in [-0.2, -0.15) is 0 Å². The average molecular weight is 251 g/mol. The summed E-state index contributed by atoms with van der Waals surface area (Å²) < 4.78 is 0. The van der Waals surface area contributed by atoms with E-state index in [1.807, 2.05) is 26.0 Å². The number of hydrogen-bond acceptors (Lipinski definition) is 3. The smallest absolute Gasteiger partial charge is 0.221 e. The van der Waals surface area contributed by atoms with Crippen LogP contribution in [-0.2, 0) is 16.0 Å². The maximum atomic E-state index is 12.0. The van der Waals surface area contributed by atoms with Crippen LogP contribution in [0.15, 0.2) is 18.3 Å². The van der Waals surface area contributed by atoms with Gasteiger partial charge in [0.2, 0.25) is 5.91 Å². The Morgan fingerprint density at radius 2 is 2.17 bits per heavy atom. The fourth-order valence-electron chi connectivity index (χ4n) is 1.74. The van der Waals surface area contributed by atoms with Crippen LogP contribution >= 0.6 is 0 Å². The van der Waals surface area contributed by atoms with E-state index in [0.717, 1.165) is 5.69 Å². The number of aromatic nitrogens is 1. The van der Waals surface area contributed by atoms with Crippen molar-refractivity contribution in [2.24, 2.45) is 11.7 Å². The summed E-state index contributed by atoms with van der Waals surface area (Å²) in [6.07, 6.45) is 2.53. The predicted molar refractivity (Wildman–Crippen MR) is 69.9 cm³/mol. The van der Waals surface area contributed by atoms with Gasteiger partial charge in [-0.15, -0.1) is 0 Å². The molecule has 1 aromatic heterocycles. The second-order valence-electron chi connectivity index (χ2n) is 4.62. The highest BCUT2D eigenvalue weighted by Gasteiger charge is 2.23. The standard InChI is InChI=1S/C13H21N3O2/c1-9(2)13(18)11(16-12(17)5-6-14)8-10-4-3-7-15-10/h3-4,7,9,11,15H,5-6,8,14H2,1-2H3,(H,16,17)/t11-/m0/s1. The normalized spacial score (nSPS) is 12.4. The third-order valence-electron chi connectivity index (χ3n) is 2.71. The molecule has 100 valence electrons. The van der Waals surface area contributed by atoms with E-state index in [1.54, 1.807) is 6.20 Å². The first-order valence-electron chi connectivity index (χ1n) is 6.20. The fourth-order valence-corrected chi connectivity index (χ4v) is 1.74. The Morgan fingerprint density at radius 3 is 2.67 bits per heavy atom. The molecule has 4 N–H and O–H groups in total. The van der Waals surface area contributed by atoms with Crippen molar-refractivity contribution < 1.29 is 9.59 Å². The molecule has 0 saturated carbocycles. The quantitative estimate of drug-likeness (QED) is 0.663. The minimum Gasteiger partial charge on any atom is -0.365 e. The van der Waals surface area contributed by atoms with Crippen LogP contribution in [0.4, 0.5) is 0 Å². The van der Waals surface area contributed by atoms with Gasteiger partial charge < -0.3 is 16.0 Å². The topological polar surface area (TPSA) is 88.0 Å². The highest BCUT2D eigenvalue weighted by Crippen LogP contribution is 2.07. The van der Waals surface area contributed by atoms with Crippen LogP contribution in [0.25, 0.3) is 0 Å². The molecule has 1 rings (SSSR count). The van der Waals surface area contributed by atoms with Crippen LogP contribution < -0.4 is 11.1 Å². The van der Waals surface area contributed by atoms with Gasteiger partial charge >= 0.3 is 0 Å². The number of amides is 1. The second-order valence-corrected chi connectivity index (χ2v) is 4.62. The highest BCUT2D eigenvalue weighted by atomic mass is 16.2. The van der Waals surface area contributed by atoms with Crippen LogP contribution in [0.5, 0.6) is 0 Å². The van der Waals surface area contributed by atoms with E-state index in [0.29, 0.717) is 6.42 Å². The van der Waals surface area contributed by atoms with Gasteiger partial charge in [0, 0.05) is 37.2 Å². The summed E-state index contributed by atoms with van der Waals surface area (Å²) in [5, 5.41) is 2.75. The molecular weight excluding hydrogens is 230 g/mol. The lowest BCUT2D eigenvalue weighted by molar-refractivity contribution is -0.129. The average Bonchev–Trinajstić information content (AvgIpc) is 2.80. The first kappa shape index (κ1) is 14.4. The van der Waals surface area contributed by atoms with Crippen molar-refractivity contribution in [1.29, 1.82) is 0 Å². The van der Waals surface area contributed by atoms with Crippen LogP contribution in [0, 0.1) is 5.92 Å². The van der Waals surface area contributed by atoms with E-state index in [1.165, 1.54) is 0 Å². The van der Waals surface area contributed by atoms with Gasteiger partial charge in [-0.1, -0.05) is 13.8 Å². The van der Waals surface area contributed by atoms with Gasteiger partial charge in [0.1, 0.15) is 0 Å². The first-order chi connectivity index (χ1) is 8.54. The Bertz CT molecular complexity index is 385. The summed E-state index contributed by atoms with van der Waals surface area (Å²) in [6.45, 7) is 3.95. The van der Waals surface area contributed by atoms with E-state index in [9.17, 15) is 9.59 Å². The van der Waals surface area contributed by atoms with Crippen molar-refractivity contribution in [2.75, 3.05) is 6.54 Å². The number of H-pyrrole nitrogens is 1. The number of carbonyl (C=O) groups is 2. The number of nitrogens with one attached hydrogen (secondary N) is 2. The van der Waals surface area contributed by atoms with Gasteiger partial charge in [-0.05, 0) is 12.1 Å². The molecule has 1 atom stereocenters. The molecule has 0 radical (unpaired) electrons. The van der Waals surface area contributed by atoms with Crippen LogP contribution in [0.1, 0.15) is 26.0 Å². The van der Waals surface area contributed by atoms with Crippen LogP contribution in [-0.4, -0.2) is 29.3 Å². The highest BCUT2D eigenvalue weighted by molar-refractivity contribution is 5.90. The largest absolute Gasteiger partial charge is 0.365 e. The monoisotopic (exact) mass is 251 g/mol. The van der Waals surface area contributed by atoms with Gasteiger partial charge in [-0.3, -0.25) is 9.59 Å². The van der Waals surface area contributed by atoms with Gasteiger partial charge in [0.25, 0.3) is 0 Å². The molecule has 5 nitrogen and oxygen atoms in total. The number of aromatic amines is 1. The zero-order valence-corrected chi connectivity index (χ0v) is 10.9. The van der Waals surface area contributed by atoms with Gasteiger partial charge in [0.05, 0.1) is 6.04 Å². The molecule has 0 aliphatic rings. The lowest BCUT2D eigenvalue weighted by Crippen LogP contribution is -2.44. The summed E-state index contributed by atoms with van der Waals surface area (Å²) in [4.78, 5) is 26.6. The molecule has 0 spiro atoms. The molecule has 1 amide bonds. The number of rotatable bonds is 7. The van der Waals surface area contributed by atoms with E-state index in [2.05, 4.69) is 10.3 Å². The number of carbonyl (C=O) groups excluding carboxylic acids is 2. The van der Waals surface area contributed by atoms with Gasteiger partial charge in [0.15, 0.2) is 5.78 Å². The van der Waals surface area contributed by atoms with Crippen molar-refractivity contribution in [3.05, 3.63) is 24.0 Å². The van der Waals surface area contributed by atoms with Crippen molar-refractivity contribution in [2.45, 2.75) is 32.7 Å². The third-order valence-corrected chi connectivity index (χ3v) is 2.71. The Kier molecular flexibility index (Phi) is 5.58. The minimum atomic E-state index is -0.484. The number of nitrogens with two attached hydrogens (primary N) is 1. The van der Waals surface area contributed by atoms with Crippen molar-refractivity contribution in [1.82, 2.24) is 10.3 Å². The van der Waals surface area contributed by atoms with E-state index in [4.69, 9.17) is 5.73 Å². The Balaban J connectivity index is 2.69. The Hall–Kier alpha value is -1.62. The van der Waals surface area contributed by atoms with Crippen LogP contribution in [0.2, 0.25) is 0 Å². The molecule has 0 aliphatic carbocycles. The molecule has 18 heavy (non-hydrogen) atoms. The third kappa shape index (κ3) is 4.33. The molecule has 5 heteroatoms. The Morgan fingerprint density at radius 1 is 1.44 bits per heavy atom. The lowest BCUT2D eigenvalue weighted by atomic mass is 9.98. The molecule has 0 bridgehead atoms. The lowest BCUT2D eigenvalue weighted by Gasteiger charge is -2.19. The molecule has 0 saturated heterocycles. The van der Waals surface area contributed by atoms with Crippen LogP contribution in [0.3, 0.4) is 0 Å². The van der Waals surface area contributed by atoms with Crippen molar-refractivity contribution in [3.8, 4) is 0 Å². The first-order valence-corrected chi connectivity index (χ1v) is 6.20. The summed E-state index contributed by atoms with van der Waals surface area (Å²) in [5.41, 5.74) is 6.26. The fraction of sp³-hybridized carbons (Fsp3) is 0.538. The summed E-state index contributed by atoms with van der Waals surface area (Å²) in [5.74, 6) is -0.249. The van der Waals surface area contributed by atoms with E-state index < -0.39 is 6.04 Å². The molecule has 0 fully saturated rings. The van der Waals surface area contributed by atoms with E-state index >= 15 is 0 Å². The molecule has 0 unspecified atom stereocenters. The molecule has 0 aliphatic heterocycles. The molecule has 0 aromatic carbocycles. The van der Waals surface area contributed by atoms with Gasteiger partial charge in [-0.25, -0.2) is 0 Å². The summed E-state index contributed by atoms with van der Waals surface area (Å²) in [7, 11) is 0. The number of ketones is 1. The second kappa shape index (κ2) is 6.96. The minimum absolute atomic E-state index is 0.0370. The zero-order chi connectivity index (χ0) is 13.5. The number of hydrogen-bond donors (Lipinski definition) is 3. The summed E-state index contributed by atoms with van der Waals surface area (Å²) in [6, 6.07) is 3.28. The van der Waals surface area contributed by atoms with Crippen molar-refractivity contribution >= 4 is 11.7 Å². The Labute approximate surface area is 107 Å². The zero-order valence-electron chi connectivity index (χ0n) is 10.9. The molecular formula is C13H21N3O2. The predicted octanol–water partition coefficient (Wildman–Crippen LogP) is 0.616. The van der Waals surface area contributed by atoms with Crippen molar-refractivity contribution in [3.63, 3.8) is 0 Å². The summed E-state index contributed by atoms with van der Waals surface area (Å²) >= 11 is 0. The molecule has 1 aromatic rings. The number of Topliss-reactive ketones (excluding diaryl/α,β-unsaturated/α-hetero) is 1. The van der Waals surface area contributed by atoms with E-state index in [-0.39, 0.29) is 30.6 Å². The maximum absolute atomic E-state index is 12.0. The SMILES string of the molecule is CC(C)C(=O)[C@H](Cc1ccc[nH]1)NC(=O)CCN.